The van der Waals surface area contributed by atoms with E-state index in [4.69, 9.17) is 11.6 Å². The van der Waals surface area contributed by atoms with Crippen LogP contribution in [0.1, 0.15) is 67.0 Å². The molecule has 1 fully saturated rings. The molecular formula is C17H24ClF. The molecule has 1 aliphatic carbocycles. The standard InChI is InChI=1S/C17H24ClF/c1-12-10-15(19)11-13(2)16(12)17(18)14-8-6-4-3-5-7-9-14/h10-11,14,17H,3-9H2,1-2H3. The first-order chi connectivity index (χ1) is 9.09. The summed E-state index contributed by atoms with van der Waals surface area (Å²) in [6.07, 6.45) is 9.03. The molecule has 0 nitrogen and oxygen atoms in total. The quantitative estimate of drug-likeness (QED) is 0.576. The number of alkyl halides is 1. The summed E-state index contributed by atoms with van der Waals surface area (Å²) >= 11 is 6.75. The number of rotatable bonds is 2. The summed E-state index contributed by atoms with van der Waals surface area (Å²) < 4.78 is 13.4. The van der Waals surface area contributed by atoms with E-state index >= 15 is 0 Å². The van der Waals surface area contributed by atoms with Gasteiger partial charge in [0.15, 0.2) is 0 Å². The lowest BCUT2D eigenvalue weighted by Crippen LogP contribution is -2.13. The second-order valence-electron chi connectivity index (χ2n) is 5.96. The van der Waals surface area contributed by atoms with Crippen LogP contribution >= 0.6 is 11.6 Å². The zero-order valence-corrected chi connectivity index (χ0v) is 12.8. The summed E-state index contributed by atoms with van der Waals surface area (Å²) in [5.41, 5.74) is 3.16. The van der Waals surface area contributed by atoms with Crippen molar-refractivity contribution in [1.82, 2.24) is 0 Å². The lowest BCUT2D eigenvalue weighted by atomic mass is 9.84. The van der Waals surface area contributed by atoms with Gasteiger partial charge in [-0.05, 0) is 61.4 Å². The fourth-order valence-corrected chi connectivity index (χ4v) is 3.97. The lowest BCUT2D eigenvalue weighted by molar-refractivity contribution is 0.367. The third kappa shape index (κ3) is 3.72. The Balaban J connectivity index is 2.19. The zero-order valence-electron chi connectivity index (χ0n) is 12.0. The Hall–Kier alpha value is -0.560. The molecule has 0 spiro atoms. The van der Waals surface area contributed by atoms with Crippen LogP contribution in [0.25, 0.3) is 0 Å². The molecule has 19 heavy (non-hydrogen) atoms. The second kappa shape index (κ2) is 6.74. The molecule has 1 saturated carbocycles. The fraction of sp³-hybridized carbons (Fsp3) is 0.647. The molecule has 2 heteroatoms. The summed E-state index contributed by atoms with van der Waals surface area (Å²) in [7, 11) is 0. The van der Waals surface area contributed by atoms with Gasteiger partial charge in [-0.25, -0.2) is 4.39 Å². The molecule has 106 valence electrons. The predicted octanol–water partition coefficient (Wildman–Crippen LogP) is 6.08. The molecule has 0 bridgehead atoms. The highest BCUT2D eigenvalue weighted by atomic mass is 35.5. The van der Waals surface area contributed by atoms with Crippen molar-refractivity contribution < 1.29 is 4.39 Å². The monoisotopic (exact) mass is 282 g/mol. The largest absolute Gasteiger partial charge is 0.207 e. The van der Waals surface area contributed by atoms with Gasteiger partial charge in [-0.3, -0.25) is 0 Å². The number of aryl methyl sites for hydroxylation is 2. The van der Waals surface area contributed by atoms with Crippen LogP contribution < -0.4 is 0 Å². The molecule has 0 radical (unpaired) electrons. The molecule has 1 aromatic rings. The van der Waals surface area contributed by atoms with Crippen molar-refractivity contribution in [2.45, 2.75) is 64.2 Å². The molecule has 0 aliphatic heterocycles. The van der Waals surface area contributed by atoms with Gasteiger partial charge in [-0.2, -0.15) is 0 Å². The van der Waals surface area contributed by atoms with Gasteiger partial charge in [0.2, 0.25) is 0 Å². The van der Waals surface area contributed by atoms with E-state index in [0.29, 0.717) is 5.92 Å². The van der Waals surface area contributed by atoms with E-state index in [1.807, 2.05) is 13.8 Å². The Labute approximate surface area is 121 Å². The molecule has 0 heterocycles. The van der Waals surface area contributed by atoms with Crippen LogP contribution in [0, 0.1) is 25.6 Å². The van der Waals surface area contributed by atoms with Gasteiger partial charge in [-0.15, -0.1) is 11.6 Å². The van der Waals surface area contributed by atoms with Crippen LogP contribution in [0.5, 0.6) is 0 Å². The van der Waals surface area contributed by atoms with E-state index in [9.17, 15) is 4.39 Å². The van der Waals surface area contributed by atoms with Crippen LogP contribution in [-0.4, -0.2) is 0 Å². The minimum Gasteiger partial charge on any atom is -0.207 e. The molecule has 0 aromatic heterocycles. The van der Waals surface area contributed by atoms with E-state index < -0.39 is 0 Å². The Kier molecular flexibility index (Phi) is 5.27. The van der Waals surface area contributed by atoms with Crippen LogP contribution in [-0.2, 0) is 0 Å². The van der Waals surface area contributed by atoms with Crippen molar-refractivity contribution in [1.29, 1.82) is 0 Å². The molecule has 1 aromatic carbocycles. The van der Waals surface area contributed by atoms with E-state index in [-0.39, 0.29) is 11.2 Å². The van der Waals surface area contributed by atoms with Crippen molar-refractivity contribution in [2.24, 2.45) is 5.92 Å². The number of hydrogen-bond acceptors (Lipinski definition) is 0. The molecule has 1 atom stereocenters. The van der Waals surface area contributed by atoms with Crippen molar-refractivity contribution in [3.63, 3.8) is 0 Å². The zero-order chi connectivity index (χ0) is 13.8. The number of hydrogen-bond donors (Lipinski definition) is 0. The SMILES string of the molecule is Cc1cc(F)cc(C)c1C(Cl)C1CCCCCCC1. The molecule has 1 unspecified atom stereocenters. The highest BCUT2D eigenvalue weighted by molar-refractivity contribution is 6.21. The van der Waals surface area contributed by atoms with Gasteiger partial charge in [0.1, 0.15) is 5.82 Å². The molecule has 0 N–H and O–H groups in total. The van der Waals surface area contributed by atoms with Gasteiger partial charge in [0, 0.05) is 0 Å². The fourth-order valence-electron chi connectivity index (χ4n) is 3.37. The third-order valence-corrected chi connectivity index (χ3v) is 4.97. The molecule has 0 amide bonds. The molecule has 1 aliphatic rings. The second-order valence-corrected chi connectivity index (χ2v) is 6.43. The topological polar surface area (TPSA) is 0 Å². The Morgan fingerprint density at radius 3 is 2.00 bits per heavy atom. The Morgan fingerprint density at radius 2 is 1.47 bits per heavy atom. The molecule has 0 saturated heterocycles. The third-order valence-electron chi connectivity index (χ3n) is 4.40. The predicted molar refractivity (Wildman–Crippen MR) is 80.3 cm³/mol. The van der Waals surface area contributed by atoms with Crippen molar-refractivity contribution in [3.05, 3.63) is 34.6 Å². The maximum Gasteiger partial charge on any atom is 0.123 e. The maximum atomic E-state index is 13.4. The number of halogens is 2. The molecule has 2 rings (SSSR count). The smallest absolute Gasteiger partial charge is 0.123 e. The van der Waals surface area contributed by atoms with Crippen LogP contribution in [0.3, 0.4) is 0 Å². The van der Waals surface area contributed by atoms with Gasteiger partial charge < -0.3 is 0 Å². The first kappa shape index (κ1) is 14.8. The van der Waals surface area contributed by atoms with Gasteiger partial charge >= 0.3 is 0 Å². The first-order valence-corrected chi connectivity index (χ1v) is 7.94. The van der Waals surface area contributed by atoms with Gasteiger partial charge in [-0.1, -0.05) is 32.1 Å². The van der Waals surface area contributed by atoms with Crippen LogP contribution in [0.2, 0.25) is 0 Å². The number of benzene rings is 1. The van der Waals surface area contributed by atoms with E-state index in [2.05, 4.69) is 0 Å². The van der Waals surface area contributed by atoms with E-state index in [1.54, 1.807) is 12.1 Å². The maximum absolute atomic E-state index is 13.4. The lowest BCUT2D eigenvalue weighted by Gasteiger charge is -2.27. The van der Waals surface area contributed by atoms with E-state index in [0.717, 1.165) is 16.7 Å². The van der Waals surface area contributed by atoms with Crippen LogP contribution in [0.15, 0.2) is 12.1 Å². The van der Waals surface area contributed by atoms with E-state index in [1.165, 1.54) is 44.9 Å². The minimum atomic E-state index is -0.153. The highest BCUT2D eigenvalue weighted by Crippen LogP contribution is 2.40. The van der Waals surface area contributed by atoms with Crippen LogP contribution in [0.4, 0.5) is 4.39 Å². The first-order valence-electron chi connectivity index (χ1n) is 7.50. The Bertz CT molecular complexity index is 396. The minimum absolute atomic E-state index is 0.0405. The highest BCUT2D eigenvalue weighted by Gasteiger charge is 2.24. The molecular weight excluding hydrogens is 259 g/mol. The normalized spacial score (nSPS) is 19.8. The average molecular weight is 283 g/mol. The summed E-state index contributed by atoms with van der Waals surface area (Å²) in [6.45, 7) is 3.95. The average Bonchev–Trinajstić information content (AvgIpc) is 2.26. The summed E-state index contributed by atoms with van der Waals surface area (Å²) in [5.74, 6) is 0.394. The summed E-state index contributed by atoms with van der Waals surface area (Å²) in [6, 6.07) is 3.22. The van der Waals surface area contributed by atoms with Crippen molar-refractivity contribution >= 4 is 11.6 Å². The van der Waals surface area contributed by atoms with Gasteiger partial charge in [0.05, 0.1) is 5.38 Å². The van der Waals surface area contributed by atoms with Crippen molar-refractivity contribution in [3.8, 4) is 0 Å². The Morgan fingerprint density at radius 1 is 1.00 bits per heavy atom. The summed E-state index contributed by atoms with van der Waals surface area (Å²) in [4.78, 5) is 0. The van der Waals surface area contributed by atoms with Crippen molar-refractivity contribution in [2.75, 3.05) is 0 Å². The van der Waals surface area contributed by atoms with Gasteiger partial charge in [0.25, 0.3) is 0 Å². The summed E-state index contributed by atoms with van der Waals surface area (Å²) in [5, 5.41) is 0.0405.